The summed E-state index contributed by atoms with van der Waals surface area (Å²) in [7, 11) is 1.38. The van der Waals surface area contributed by atoms with Crippen LogP contribution in [0, 0.1) is 21.4 Å². The summed E-state index contributed by atoms with van der Waals surface area (Å²) in [4.78, 5) is 22.9. The van der Waals surface area contributed by atoms with Gasteiger partial charge in [0.1, 0.15) is 28.9 Å². The number of carbonyl (C=O) groups is 1. The number of furan rings is 1. The van der Waals surface area contributed by atoms with Crippen molar-refractivity contribution >= 4 is 23.4 Å². The Morgan fingerprint density at radius 2 is 1.97 bits per heavy atom. The second-order valence-corrected chi connectivity index (χ2v) is 6.55. The Kier molecular flexibility index (Phi) is 6.48. The maximum atomic E-state index is 12.8. The molecule has 0 fully saturated rings. The molecule has 0 aliphatic carbocycles. The van der Waals surface area contributed by atoms with Gasteiger partial charge in [0.15, 0.2) is 0 Å². The summed E-state index contributed by atoms with van der Waals surface area (Å²) >= 11 is 0. The lowest BCUT2D eigenvalue weighted by Crippen LogP contribution is -2.14. The molecule has 2 aromatic carbocycles. The Bertz CT molecular complexity index is 1290. The van der Waals surface area contributed by atoms with Crippen LogP contribution in [0.4, 0.5) is 24.5 Å². The number of carbonyl (C=O) groups excluding carboxylic acids is 1. The zero-order valence-corrected chi connectivity index (χ0v) is 16.8. The van der Waals surface area contributed by atoms with Gasteiger partial charge in [-0.3, -0.25) is 14.9 Å². The van der Waals surface area contributed by atoms with Crippen LogP contribution in [0.25, 0.3) is 17.4 Å². The van der Waals surface area contributed by atoms with E-state index >= 15 is 0 Å². The number of methoxy groups -OCH3 is 1. The van der Waals surface area contributed by atoms with Crippen molar-refractivity contribution in [2.24, 2.45) is 0 Å². The number of nitrogens with one attached hydrogen (secondary N) is 1. The molecule has 1 heterocycles. The number of benzene rings is 2. The van der Waals surface area contributed by atoms with Crippen molar-refractivity contribution in [2.75, 3.05) is 12.4 Å². The van der Waals surface area contributed by atoms with Crippen molar-refractivity contribution in [2.45, 2.75) is 6.18 Å². The summed E-state index contributed by atoms with van der Waals surface area (Å²) in [6, 6.07) is 12.4. The number of hydrogen-bond acceptors (Lipinski definition) is 6. The molecule has 0 aliphatic rings. The first kappa shape index (κ1) is 23.1. The first-order valence-corrected chi connectivity index (χ1v) is 9.15. The normalized spacial score (nSPS) is 11.5. The van der Waals surface area contributed by atoms with E-state index in [0.29, 0.717) is 5.75 Å². The van der Waals surface area contributed by atoms with Gasteiger partial charge in [-0.15, -0.1) is 0 Å². The number of halogens is 3. The van der Waals surface area contributed by atoms with Crippen molar-refractivity contribution in [3.05, 3.63) is 81.6 Å². The van der Waals surface area contributed by atoms with Crippen molar-refractivity contribution < 1.29 is 32.0 Å². The largest absolute Gasteiger partial charge is 0.496 e. The molecule has 0 aliphatic heterocycles. The maximum Gasteiger partial charge on any atom is 0.416 e. The lowest BCUT2D eigenvalue weighted by atomic mass is 10.1. The van der Waals surface area contributed by atoms with E-state index in [1.165, 1.54) is 43.5 Å². The lowest BCUT2D eigenvalue weighted by Gasteiger charge is -2.09. The molecule has 1 amide bonds. The molecule has 1 N–H and O–H groups in total. The molecule has 0 bridgehead atoms. The van der Waals surface area contributed by atoms with Crippen LogP contribution in [-0.2, 0) is 11.0 Å². The Hall–Kier alpha value is -4.59. The number of nitrogens with zero attached hydrogens (tertiary/aromatic N) is 2. The molecular formula is C22H14F3N3O5. The summed E-state index contributed by atoms with van der Waals surface area (Å²) in [6.45, 7) is 0. The number of nitriles is 1. The summed E-state index contributed by atoms with van der Waals surface area (Å²) in [5, 5.41) is 22.6. The van der Waals surface area contributed by atoms with E-state index in [1.807, 2.05) is 0 Å². The van der Waals surface area contributed by atoms with E-state index in [0.717, 1.165) is 24.3 Å². The smallest absolute Gasteiger partial charge is 0.416 e. The molecule has 33 heavy (non-hydrogen) atoms. The van der Waals surface area contributed by atoms with Crippen LogP contribution in [0.3, 0.4) is 0 Å². The van der Waals surface area contributed by atoms with Gasteiger partial charge in [-0.25, -0.2) is 0 Å². The van der Waals surface area contributed by atoms with E-state index in [9.17, 15) is 33.3 Å². The first-order valence-electron chi connectivity index (χ1n) is 9.15. The van der Waals surface area contributed by atoms with Gasteiger partial charge in [-0.05, 0) is 36.4 Å². The predicted molar refractivity (Wildman–Crippen MR) is 111 cm³/mol. The fourth-order valence-corrected chi connectivity index (χ4v) is 2.84. The van der Waals surface area contributed by atoms with Crippen molar-refractivity contribution in [1.82, 2.24) is 0 Å². The summed E-state index contributed by atoms with van der Waals surface area (Å²) < 4.78 is 49.3. The van der Waals surface area contributed by atoms with Gasteiger partial charge in [-0.1, -0.05) is 6.07 Å². The number of hydrogen-bond donors (Lipinski definition) is 1. The van der Waals surface area contributed by atoms with Gasteiger partial charge >= 0.3 is 6.18 Å². The molecule has 168 valence electrons. The van der Waals surface area contributed by atoms with Gasteiger partial charge in [0.05, 0.1) is 23.2 Å². The van der Waals surface area contributed by atoms with E-state index in [4.69, 9.17) is 9.15 Å². The summed E-state index contributed by atoms with van der Waals surface area (Å²) in [5.41, 5.74) is -1.45. The monoisotopic (exact) mass is 457 g/mol. The lowest BCUT2D eigenvalue weighted by molar-refractivity contribution is -0.384. The van der Waals surface area contributed by atoms with Crippen molar-refractivity contribution in [3.63, 3.8) is 0 Å². The van der Waals surface area contributed by atoms with E-state index in [-0.39, 0.29) is 28.5 Å². The SMILES string of the molecule is COc1ccc([N+](=O)[O-])cc1-c1ccc(/C=C(/C#N)C(=O)Nc2cccc(C(F)(F)F)c2)o1. The van der Waals surface area contributed by atoms with Crippen molar-refractivity contribution in [3.8, 4) is 23.1 Å². The van der Waals surface area contributed by atoms with Crippen LogP contribution in [0.15, 0.2) is 64.6 Å². The molecule has 0 saturated carbocycles. The second-order valence-electron chi connectivity index (χ2n) is 6.55. The average Bonchev–Trinajstić information content (AvgIpc) is 3.25. The van der Waals surface area contributed by atoms with Gasteiger partial charge in [0, 0.05) is 23.9 Å². The van der Waals surface area contributed by atoms with Gasteiger partial charge < -0.3 is 14.5 Å². The van der Waals surface area contributed by atoms with Gasteiger partial charge in [0.25, 0.3) is 11.6 Å². The van der Waals surface area contributed by atoms with Crippen molar-refractivity contribution in [1.29, 1.82) is 5.26 Å². The molecule has 0 saturated heterocycles. The Labute approximate surface area is 184 Å². The number of non-ortho nitro benzene ring substituents is 1. The minimum Gasteiger partial charge on any atom is -0.496 e. The van der Waals surface area contributed by atoms with Crippen LogP contribution in [0.5, 0.6) is 5.75 Å². The first-order chi connectivity index (χ1) is 15.6. The number of nitro groups is 1. The third-order valence-electron chi connectivity index (χ3n) is 4.39. The highest BCUT2D eigenvalue weighted by Crippen LogP contribution is 2.35. The van der Waals surface area contributed by atoms with E-state index in [1.54, 1.807) is 6.07 Å². The van der Waals surface area contributed by atoms with Crippen LogP contribution in [0.1, 0.15) is 11.3 Å². The van der Waals surface area contributed by atoms with Crippen LogP contribution in [0.2, 0.25) is 0 Å². The molecule has 1 aromatic heterocycles. The number of ether oxygens (including phenoxy) is 1. The number of alkyl halides is 3. The Balaban J connectivity index is 1.87. The molecule has 0 radical (unpaired) electrons. The number of amides is 1. The predicted octanol–water partition coefficient (Wildman–Crippen LogP) is 5.43. The molecular weight excluding hydrogens is 443 g/mol. The van der Waals surface area contributed by atoms with E-state index in [2.05, 4.69) is 5.32 Å². The number of rotatable bonds is 6. The molecule has 0 atom stereocenters. The molecule has 0 spiro atoms. The average molecular weight is 457 g/mol. The third-order valence-corrected chi connectivity index (χ3v) is 4.39. The summed E-state index contributed by atoms with van der Waals surface area (Å²) in [5.74, 6) is -0.400. The fraction of sp³-hybridized carbons (Fsp3) is 0.0909. The van der Waals surface area contributed by atoms with Crippen LogP contribution >= 0.6 is 0 Å². The second kappa shape index (κ2) is 9.27. The minimum absolute atomic E-state index is 0.0642. The van der Waals surface area contributed by atoms with Gasteiger partial charge in [0.2, 0.25) is 0 Å². The number of anilines is 1. The molecule has 8 nitrogen and oxygen atoms in total. The standard InChI is InChI=1S/C22H14F3N3O5/c1-32-19-7-5-16(28(30)31)11-18(19)20-8-6-17(33-20)9-13(12-26)21(29)27-15-4-2-3-14(10-15)22(23,24)25/h2-11H,1H3,(H,27,29)/b13-9-. The van der Waals surface area contributed by atoms with E-state index < -0.39 is 28.1 Å². The third kappa shape index (κ3) is 5.37. The fourth-order valence-electron chi connectivity index (χ4n) is 2.84. The number of nitro benzene ring substituents is 1. The zero-order chi connectivity index (χ0) is 24.2. The molecule has 0 unspecified atom stereocenters. The molecule has 11 heteroatoms. The Morgan fingerprint density at radius 1 is 1.21 bits per heavy atom. The topological polar surface area (TPSA) is 118 Å². The van der Waals surface area contributed by atoms with Gasteiger partial charge in [-0.2, -0.15) is 18.4 Å². The van der Waals surface area contributed by atoms with Crippen LogP contribution < -0.4 is 10.1 Å². The summed E-state index contributed by atoms with van der Waals surface area (Å²) in [6.07, 6.45) is -3.50. The Morgan fingerprint density at radius 3 is 2.61 bits per heavy atom. The molecule has 3 rings (SSSR count). The van der Waals surface area contributed by atoms with Crippen LogP contribution in [-0.4, -0.2) is 17.9 Å². The molecule has 3 aromatic rings. The zero-order valence-electron chi connectivity index (χ0n) is 16.8. The highest BCUT2D eigenvalue weighted by Gasteiger charge is 2.30. The highest BCUT2D eigenvalue weighted by atomic mass is 19.4. The maximum absolute atomic E-state index is 12.8. The quantitative estimate of drug-likeness (QED) is 0.228. The highest BCUT2D eigenvalue weighted by molar-refractivity contribution is 6.09. The minimum atomic E-state index is -4.59.